The van der Waals surface area contributed by atoms with Gasteiger partial charge in [-0.3, -0.25) is 14.6 Å². The number of anilines is 2. The quantitative estimate of drug-likeness (QED) is 0.187. The predicted molar refractivity (Wildman–Crippen MR) is 167 cm³/mol. The number of amides is 2. The first kappa shape index (κ1) is 27.9. The van der Waals surface area contributed by atoms with Crippen molar-refractivity contribution in [2.24, 2.45) is 4.99 Å². The first-order chi connectivity index (χ1) is 19.4. The maximum atomic E-state index is 12.5. The standard InChI is InChI=1S/C33H25B2N3O2/c1-3-22(23-9-17-29(18-10-23)37-32(39)25-5-13-27(34)14-6-25)21-36-31(4-2)24-11-19-30(20-12-24)38-33(40)26-7-15-28(35)16-8-26/h3-21H,1-2H2,(H,37,39)(H,38,40)/b22-21+,36-31?. The molecule has 7 heteroatoms. The normalized spacial score (nSPS) is 11.4. The number of allylic oxidation sites excluding steroid dienone is 3. The van der Waals surface area contributed by atoms with Gasteiger partial charge in [-0.25, -0.2) is 0 Å². The van der Waals surface area contributed by atoms with E-state index in [0.29, 0.717) is 39.1 Å². The summed E-state index contributed by atoms with van der Waals surface area (Å²) in [5.41, 5.74) is 6.72. The van der Waals surface area contributed by atoms with E-state index < -0.39 is 0 Å². The molecule has 0 aliphatic heterocycles. The molecule has 190 valence electrons. The topological polar surface area (TPSA) is 70.6 Å². The molecule has 4 radical (unpaired) electrons. The molecule has 2 N–H and O–H groups in total. The summed E-state index contributed by atoms with van der Waals surface area (Å²) in [6, 6.07) is 28.2. The monoisotopic (exact) mass is 517 g/mol. The Labute approximate surface area is 236 Å². The van der Waals surface area contributed by atoms with Gasteiger partial charge in [-0.05, 0) is 41.5 Å². The Balaban J connectivity index is 1.43. The highest BCUT2D eigenvalue weighted by atomic mass is 16.2. The van der Waals surface area contributed by atoms with Crippen molar-refractivity contribution in [1.82, 2.24) is 0 Å². The van der Waals surface area contributed by atoms with Gasteiger partial charge >= 0.3 is 0 Å². The van der Waals surface area contributed by atoms with Crippen molar-refractivity contribution in [2.45, 2.75) is 0 Å². The number of carbonyl (C=O) groups excluding carboxylic acids is 2. The molecule has 2 amide bonds. The van der Waals surface area contributed by atoms with Gasteiger partial charge in [0.15, 0.2) is 0 Å². The molecular formula is C33H25B2N3O2. The molecule has 0 saturated carbocycles. The highest BCUT2D eigenvalue weighted by Gasteiger charge is 2.08. The van der Waals surface area contributed by atoms with Crippen LogP contribution in [0.2, 0.25) is 0 Å². The summed E-state index contributed by atoms with van der Waals surface area (Å²) in [5, 5.41) is 5.74. The lowest BCUT2D eigenvalue weighted by atomic mass is 9.95. The van der Waals surface area contributed by atoms with Crippen LogP contribution in [-0.2, 0) is 0 Å². The van der Waals surface area contributed by atoms with E-state index in [4.69, 9.17) is 15.7 Å². The van der Waals surface area contributed by atoms with Gasteiger partial charge in [-0.15, -0.1) is 0 Å². The number of nitrogens with zero attached hydrogens (tertiary/aromatic N) is 1. The summed E-state index contributed by atoms with van der Waals surface area (Å²) in [6.07, 6.45) is 5.08. The number of carbonyl (C=O) groups is 2. The van der Waals surface area contributed by atoms with Gasteiger partial charge in [0.1, 0.15) is 15.7 Å². The number of hydrogen-bond acceptors (Lipinski definition) is 3. The number of rotatable bonds is 9. The van der Waals surface area contributed by atoms with E-state index in [2.05, 4.69) is 28.8 Å². The van der Waals surface area contributed by atoms with Crippen molar-refractivity contribution in [3.8, 4) is 0 Å². The predicted octanol–water partition coefficient (Wildman–Crippen LogP) is 4.98. The first-order valence-electron chi connectivity index (χ1n) is 12.4. The number of hydrogen-bond donors (Lipinski definition) is 2. The van der Waals surface area contributed by atoms with Crippen molar-refractivity contribution < 1.29 is 9.59 Å². The SMILES string of the molecule is [B]c1ccc(C(=O)Nc2ccc(C(C=C)=N/C=C(\C=C)c3ccc(NC(=O)c4ccc([B])cc4)cc3)cc2)cc1. The number of nitrogens with one attached hydrogen (secondary N) is 2. The zero-order valence-electron chi connectivity index (χ0n) is 21.8. The molecule has 0 heterocycles. The summed E-state index contributed by atoms with van der Waals surface area (Å²) in [5.74, 6) is -0.442. The smallest absolute Gasteiger partial charge is 0.255 e. The molecule has 0 aliphatic carbocycles. The molecule has 4 aromatic rings. The van der Waals surface area contributed by atoms with Crippen molar-refractivity contribution >= 4 is 61.1 Å². The van der Waals surface area contributed by atoms with Crippen molar-refractivity contribution in [1.29, 1.82) is 0 Å². The molecule has 0 atom stereocenters. The van der Waals surface area contributed by atoms with Crippen LogP contribution in [0.5, 0.6) is 0 Å². The van der Waals surface area contributed by atoms with Crippen molar-refractivity contribution in [2.75, 3.05) is 10.6 Å². The fourth-order valence-corrected chi connectivity index (χ4v) is 3.78. The van der Waals surface area contributed by atoms with E-state index >= 15 is 0 Å². The third kappa shape index (κ3) is 7.23. The molecule has 0 unspecified atom stereocenters. The van der Waals surface area contributed by atoms with Crippen LogP contribution in [0.25, 0.3) is 5.57 Å². The van der Waals surface area contributed by atoms with Gasteiger partial charge in [-0.1, -0.05) is 103 Å². The minimum atomic E-state index is -0.222. The second-order valence-corrected chi connectivity index (χ2v) is 8.81. The third-order valence-corrected chi connectivity index (χ3v) is 6.02. The van der Waals surface area contributed by atoms with E-state index in [9.17, 15) is 9.59 Å². The van der Waals surface area contributed by atoms with Gasteiger partial charge in [-0.2, -0.15) is 0 Å². The fourth-order valence-electron chi connectivity index (χ4n) is 3.78. The summed E-state index contributed by atoms with van der Waals surface area (Å²) in [4.78, 5) is 29.5. The van der Waals surface area contributed by atoms with E-state index in [0.717, 1.165) is 16.7 Å². The average Bonchev–Trinajstić information content (AvgIpc) is 2.97. The van der Waals surface area contributed by atoms with E-state index in [1.807, 2.05) is 36.4 Å². The lowest BCUT2D eigenvalue weighted by Crippen LogP contribution is -2.13. The van der Waals surface area contributed by atoms with Crippen LogP contribution in [0.4, 0.5) is 11.4 Å². The molecule has 4 aromatic carbocycles. The molecule has 0 fully saturated rings. The molecule has 0 aromatic heterocycles. The highest BCUT2D eigenvalue weighted by molar-refractivity contribution is 6.32. The number of benzene rings is 4. The van der Waals surface area contributed by atoms with Gasteiger partial charge in [0.2, 0.25) is 0 Å². The summed E-state index contributed by atoms with van der Waals surface area (Å²) in [6.45, 7) is 7.80. The highest BCUT2D eigenvalue weighted by Crippen LogP contribution is 2.20. The Morgan fingerprint density at radius 3 is 1.38 bits per heavy atom. The van der Waals surface area contributed by atoms with Gasteiger partial charge in [0.05, 0.1) is 5.71 Å². The van der Waals surface area contributed by atoms with Gasteiger partial charge in [0, 0.05) is 34.3 Å². The molecular weight excluding hydrogens is 492 g/mol. The minimum absolute atomic E-state index is 0.219. The van der Waals surface area contributed by atoms with Crippen LogP contribution in [0.1, 0.15) is 31.8 Å². The lowest BCUT2D eigenvalue weighted by molar-refractivity contribution is 0.101. The minimum Gasteiger partial charge on any atom is -0.322 e. The molecule has 5 nitrogen and oxygen atoms in total. The molecule has 0 spiro atoms. The van der Waals surface area contributed by atoms with E-state index in [1.165, 1.54) is 0 Å². The van der Waals surface area contributed by atoms with E-state index in [-0.39, 0.29) is 11.8 Å². The maximum Gasteiger partial charge on any atom is 0.255 e. The second kappa shape index (κ2) is 13.1. The zero-order valence-corrected chi connectivity index (χ0v) is 21.8. The van der Waals surface area contributed by atoms with Crippen LogP contribution in [0.15, 0.2) is 134 Å². The van der Waals surface area contributed by atoms with E-state index in [1.54, 1.807) is 79.0 Å². The molecule has 4 rings (SSSR count). The van der Waals surface area contributed by atoms with Crippen LogP contribution in [-0.4, -0.2) is 33.2 Å². The average molecular weight is 517 g/mol. The van der Waals surface area contributed by atoms with Gasteiger partial charge in [0.25, 0.3) is 11.8 Å². The summed E-state index contributed by atoms with van der Waals surface area (Å²) < 4.78 is 0. The Hall–Kier alpha value is -5.16. The molecule has 0 saturated heterocycles. The van der Waals surface area contributed by atoms with Crippen molar-refractivity contribution in [3.05, 3.63) is 151 Å². The Kier molecular flexibility index (Phi) is 9.11. The first-order valence-corrected chi connectivity index (χ1v) is 12.4. The Bertz CT molecular complexity index is 1470. The van der Waals surface area contributed by atoms with Crippen LogP contribution in [0.3, 0.4) is 0 Å². The Morgan fingerprint density at radius 2 is 0.975 bits per heavy atom. The van der Waals surface area contributed by atoms with Crippen LogP contribution >= 0.6 is 0 Å². The third-order valence-electron chi connectivity index (χ3n) is 6.02. The molecule has 0 aliphatic rings. The Morgan fingerprint density at radius 1 is 0.575 bits per heavy atom. The van der Waals surface area contributed by atoms with Crippen LogP contribution < -0.4 is 21.6 Å². The summed E-state index contributed by atoms with van der Waals surface area (Å²) in [7, 11) is 11.4. The molecule has 0 bridgehead atoms. The maximum absolute atomic E-state index is 12.5. The number of aliphatic imine (C=N–C) groups is 1. The zero-order chi connectivity index (χ0) is 28.5. The largest absolute Gasteiger partial charge is 0.322 e. The second-order valence-electron chi connectivity index (χ2n) is 8.81. The van der Waals surface area contributed by atoms with Crippen LogP contribution in [0, 0.1) is 0 Å². The van der Waals surface area contributed by atoms with Crippen molar-refractivity contribution in [3.63, 3.8) is 0 Å². The lowest BCUT2D eigenvalue weighted by Gasteiger charge is -2.08. The molecule has 40 heavy (non-hydrogen) atoms. The summed E-state index contributed by atoms with van der Waals surface area (Å²) >= 11 is 0. The fraction of sp³-hybridized carbons (Fsp3) is 0. The van der Waals surface area contributed by atoms with Gasteiger partial charge < -0.3 is 10.6 Å².